The molecule has 164 valence electrons. The number of hydrogen-bond donors (Lipinski definition) is 3. The topological polar surface area (TPSA) is 116 Å². The van der Waals surface area contributed by atoms with E-state index in [9.17, 15) is 8.78 Å². The molecule has 0 unspecified atom stereocenters. The van der Waals surface area contributed by atoms with E-state index in [2.05, 4.69) is 34.8 Å². The molecular weight excluding hydrogens is 420 g/mol. The number of nitrogens with one attached hydrogen (secondary N) is 2. The molecule has 0 amide bonds. The quantitative estimate of drug-likeness (QED) is 0.448. The highest BCUT2D eigenvalue weighted by Crippen LogP contribution is 2.43. The number of aromatic amines is 1. The number of nitrogen functional groups attached to an aromatic ring is 1. The molecule has 32 heavy (non-hydrogen) atoms. The van der Waals surface area contributed by atoms with Crippen LogP contribution in [0, 0.1) is 0 Å². The van der Waals surface area contributed by atoms with Crippen LogP contribution in [0.4, 0.5) is 14.6 Å². The summed E-state index contributed by atoms with van der Waals surface area (Å²) in [4.78, 5) is 11.9. The van der Waals surface area contributed by atoms with Gasteiger partial charge in [-0.05, 0) is 32.0 Å². The van der Waals surface area contributed by atoms with E-state index in [0.717, 1.165) is 37.1 Å². The molecule has 2 aliphatic rings. The highest BCUT2D eigenvalue weighted by molar-refractivity contribution is 5.85. The number of hydrogen-bond acceptors (Lipinski definition) is 7. The molecule has 6 rings (SSSR count). The maximum atomic E-state index is 13.3. The largest absolute Gasteiger partial charge is 0.586 e. The summed E-state index contributed by atoms with van der Waals surface area (Å²) in [6.45, 7) is 1.97. The molecule has 11 heteroatoms. The third-order valence-electron chi connectivity index (χ3n) is 5.80. The predicted molar refractivity (Wildman–Crippen MR) is 112 cm³/mol. The summed E-state index contributed by atoms with van der Waals surface area (Å²) in [5, 5.41) is 7.90. The number of imidazole rings is 1. The van der Waals surface area contributed by atoms with Crippen LogP contribution in [0.2, 0.25) is 0 Å². The molecule has 0 radical (unpaired) electrons. The van der Waals surface area contributed by atoms with Crippen LogP contribution in [0.25, 0.3) is 33.5 Å². The molecule has 0 saturated carbocycles. The van der Waals surface area contributed by atoms with Crippen molar-refractivity contribution in [2.24, 2.45) is 0 Å². The Labute approximate surface area is 180 Å². The first-order chi connectivity index (χ1) is 15.4. The summed E-state index contributed by atoms with van der Waals surface area (Å²) >= 11 is 0. The van der Waals surface area contributed by atoms with Crippen molar-refractivity contribution >= 4 is 16.9 Å². The molecule has 1 aromatic carbocycles. The minimum Gasteiger partial charge on any atom is -0.395 e. The monoisotopic (exact) mass is 439 g/mol. The van der Waals surface area contributed by atoms with Crippen LogP contribution >= 0.6 is 0 Å². The van der Waals surface area contributed by atoms with Gasteiger partial charge in [0.1, 0.15) is 11.6 Å². The van der Waals surface area contributed by atoms with Crippen molar-refractivity contribution < 1.29 is 18.3 Å². The average molecular weight is 439 g/mol. The van der Waals surface area contributed by atoms with E-state index in [1.165, 1.54) is 12.1 Å². The van der Waals surface area contributed by atoms with Gasteiger partial charge < -0.3 is 25.5 Å². The normalized spacial score (nSPS) is 17.8. The van der Waals surface area contributed by atoms with Gasteiger partial charge in [0, 0.05) is 35.7 Å². The predicted octanol–water partition coefficient (Wildman–Crippen LogP) is 3.32. The fourth-order valence-corrected chi connectivity index (χ4v) is 4.16. The van der Waals surface area contributed by atoms with Crippen molar-refractivity contribution in [1.82, 2.24) is 30.0 Å². The first-order valence-electron chi connectivity index (χ1n) is 10.3. The molecule has 3 aromatic heterocycles. The molecule has 0 bridgehead atoms. The van der Waals surface area contributed by atoms with Gasteiger partial charge in [-0.2, -0.15) is 5.10 Å². The van der Waals surface area contributed by atoms with E-state index >= 15 is 0 Å². The zero-order valence-electron chi connectivity index (χ0n) is 16.8. The van der Waals surface area contributed by atoms with E-state index in [1.807, 2.05) is 23.1 Å². The van der Waals surface area contributed by atoms with Crippen LogP contribution in [0.3, 0.4) is 0 Å². The third-order valence-corrected chi connectivity index (χ3v) is 5.80. The van der Waals surface area contributed by atoms with Crippen molar-refractivity contribution in [3.8, 4) is 34.0 Å². The average Bonchev–Trinajstić information content (AvgIpc) is 3.48. The summed E-state index contributed by atoms with van der Waals surface area (Å²) in [5.41, 5.74) is 9.47. The van der Waals surface area contributed by atoms with Gasteiger partial charge in [0.2, 0.25) is 0 Å². The lowest BCUT2D eigenvalue weighted by Gasteiger charge is -2.22. The fraction of sp³-hybridized carbons (Fsp3) is 0.286. The number of piperidine rings is 1. The van der Waals surface area contributed by atoms with E-state index in [-0.39, 0.29) is 11.5 Å². The number of pyridine rings is 1. The molecule has 0 spiro atoms. The minimum atomic E-state index is -3.68. The van der Waals surface area contributed by atoms with E-state index in [1.54, 1.807) is 6.20 Å². The molecular formula is C21H19F2N7O2. The molecule has 0 aliphatic carbocycles. The van der Waals surface area contributed by atoms with Gasteiger partial charge in [-0.15, -0.1) is 8.78 Å². The highest BCUT2D eigenvalue weighted by Gasteiger charge is 2.43. The molecule has 1 saturated heterocycles. The summed E-state index contributed by atoms with van der Waals surface area (Å²) in [7, 11) is 0. The molecule has 1 fully saturated rings. The molecule has 4 N–H and O–H groups in total. The van der Waals surface area contributed by atoms with Crippen LogP contribution in [0.5, 0.6) is 11.5 Å². The molecule has 5 heterocycles. The van der Waals surface area contributed by atoms with Gasteiger partial charge in [0.05, 0.1) is 28.8 Å². The van der Waals surface area contributed by atoms with E-state index in [4.69, 9.17) is 5.73 Å². The first kappa shape index (κ1) is 19.0. The Morgan fingerprint density at radius 2 is 1.84 bits per heavy atom. The number of fused-ring (bicyclic) bond motifs is 2. The van der Waals surface area contributed by atoms with E-state index in [0.29, 0.717) is 34.3 Å². The van der Waals surface area contributed by atoms with Gasteiger partial charge in [-0.1, -0.05) is 0 Å². The van der Waals surface area contributed by atoms with Crippen LogP contribution in [0.15, 0.2) is 36.8 Å². The number of H-pyrrole nitrogens is 1. The van der Waals surface area contributed by atoms with Gasteiger partial charge in [-0.25, -0.2) is 9.97 Å². The Morgan fingerprint density at radius 1 is 1.06 bits per heavy atom. The maximum Gasteiger partial charge on any atom is 0.586 e. The number of nitrogens with two attached hydrogens (primary N) is 1. The van der Waals surface area contributed by atoms with Gasteiger partial charge >= 0.3 is 6.29 Å². The highest BCUT2D eigenvalue weighted by atomic mass is 19.3. The minimum absolute atomic E-state index is 0.0529. The Morgan fingerprint density at radius 3 is 2.66 bits per heavy atom. The van der Waals surface area contributed by atoms with Gasteiger partial charge in [0.25, 0.3) is 0 Å². The molecule has 4 aromatic rings. The standard InChI is InChI=1S/C21H19F2N7O2/c22-21(23)31-17-6-15-16(7-18(17)32-21)29-20(28-15)14-5-11(8-26-19(14)24)12-9-27-30(10-12)13-1-3-25-4-2-13/h5-10,13,25H,1-4H2,(H2,24,26)(H,28,29). The summed E-state index contributed by atoms with van der Waals surface area (Å²) < 4.78 is 37.6. The summed E-state index contributed by atoms with van der Waals surface area (Å²) in [6, 6.07) is 5.10. The van der Waals surface area contributed by atoms with Gasteiger partial charge in [-0.3, -0.25) is 4.68 Å². The maximum absolute atomic E-state index is 13.3. The van der Waals surface area contributed by atoms with Crippen molar-refractivity contribution in [3.05, 3.63) is 36.8 Å². The second kappa shape index (κ2) is 6.89. The zero-order chi connectivity index (χ0) is 21.9. The van der Waals surface area contributed by atoms with Crippen LogP contribution in [-0.4, -0.2) is 44.1 Å². The lowest BCUT2D eigenvalue weighted by atomic mass is 10.1. The second-order valence-electron chi connectivity index (χ2n) is 7.92. The SMILES string of the molecule is Nc1ncc(-c2cnn(C3CCNCC3)c2)cc1-c1nc2cc3c(cc2[nH]1)OC(F)(F)O3. The van der Waals surface area contributed by atoms with Crippen LogP contribution < -0.4 is 20.5 Å². The summed E-state index contributed by atoms with van der Waals surface area (Å²) in [6.07, 6.45) is 3.93. The van der Waals surface area contributed by atoms with Crippen molar-refractivity contribution in [3.63, 3.8) is 0 Å². The van der Waals surface area contributed by atoms with E-state index < -0.39 is 6.29 Å². The van der Waals surface area contributed by atoms with Crippen LogP contribution in [-0.2, 0) is 0 Å². The molecule has 0 atom stereocenters. The number of nitrogens with zero attached hydrogens (tertiary/aromatic N) is 4. The van der Waals surface area contributed by atoms with Crippen LogP contribution in [0.1, 0.15) is 18.9 Å². The number of aromatic nitrogens is 5. The fourth-order valence-electron chi connectivity index (χ4n) is 4.16. The van der Waals surface area contributed by atoms with Gasteiger partial charge in [0.15, 0.2) is 11.5 Å². The first-order valence-corrected chi connectivity index (χ1v) is 10.3. The number of anilines is 1. The number of rotatable bonds is 3. The Bertz CT molecular complexity index is 1280. The van der Waals surface area contributed by atoms with Crippen molar-refractivity contribution in [1.29, 1.82) is 0 Å². The number of ether oxygens (including phenoxy) is 2. The van der Waals surface area contributed by atoms with Crippen molar-refractivity contribution in [2.75, 3.05) is 18.8 Å². The lowest BCUT2D eigenvalue weighted by Crippen LogP contribution is -2.29. The number of alkyl halides is 2. The Balaban J connectivity index is 1.34. The second-order valence-corrected chi connectivity index (χ2v) is 7.92. The van der Waals surface area contributed by atoms with Crippen molar-refractivity contribution in [2.45, 2.75) is 25.2 Å². The summed E-state index contributed by atoms with van der Waals surface area (Å²) in [5.74, 6) is 0.645. The molecule has 2 aliphatic heterocycles. The number of halogens is 2. The third kappa shape index (κ3) is 3.21. The number of benzene rings is 1. The lowest BCUT2D eigenvalue weighted by molar-refractivity contribution is -0.286. The molecule has 9 nitrogen and oxygen atoms in total. The smallest absolute Gasteiger partial charge is 0.395 e. The Kier molecular flexibility index (Phi) is 4.09. The Hall–Kier alpha value is -3.73. The zero-order valence-corrected chi connectivity index (χ0v) is 16.8.